The Morgan fingerprint density at radius 2 is 1.97 bits per heavy atom. The van der Waals surface area contributed by atoms with Crippen LogP contribution in [0.25, 0.3) is 0 Å². The van der Waals surface area contributed by atoms with Gasteiger partial charge in [0.2, 0.25) is 5.88 Å². The average molecular weight is 454 g/mol. The number of carbonyl (C=O) groups is 1. The summed E-state index contributed by atoms with van der Waals surface area (Å²) in [6, 6.07) is 15.7. The predicted octanol–water partition coefficient (Wildman–Crippen LogP) is 4.84. The van der Waals surface area contributed by atoms with Gasteiger partial charge in [0.05, 0.1) is 6.33 Å². The van der Waals surface area contributed by atoms with E-state index in [2.05, 4.69) is 15.0 Å². The number of hydrogen-bond acceptors (Lipinski definition) is 5. The van der Waals surface area contributed by atoms with Crippen LogP contribution in [0.15, 0.2) is 79.6 Å². The molecule has 0 aliphatic carbocycles. The number of amides is 1. The Hall–Kier alpha value is -4.00. The van der Waals surface area contributed by atoms with Gasteiger partial charge in [-0.3, -0.25) is 9.78 Å². The van der Waals surface area contributed by atoms with Crippen molar-refractivity contribution in [2.45, 2.75) is 32.2 Å². The van der Waals surface area contributed by atoms with Crippen LogP contribution in [0.5, 0.6) is 11.6 Å². The van der Waals surface area contributed by atoms with E-state index in [1.54, 1.807) is 24.9 Å². The summed E-state index contributed by atoms with van der Waals surface area (Å²) < 4.78 is 8.10. The maximum absolute atomic E-state index is 13.4. The SMILES string of the molecule is Cc1cccc(Oc2nccnc2[C@@H]2CCCN(C(=O)c3cccc(Cn4ccnc4)c3)C2)c1. The first-order chi connectivity index (χ1) is 16.7. The highest BCUT2D eigenvalue weighted by molar-refractivity contribution is 5.94. The third-order valence-electron chi connectivity index (χ3n) is 6.09. The fourth-order valence-corrected chi connectivity index (χ4v) is 4.45. The number of aryl methyl sites for hydroxylation is 1. The highest BCUT2D eigenvalue weighted by Crippen LogP contribution is 2.33. The van der Waals surface area contributed by atoms with E-state index in [0.717, 1.165) is 42.0 Å². The molecular weight excluding hydrogens is 426 g/mol. The zero-order chi connectivity index (χ0) is 23.3. The van der Waals surface area contributed by atoms with Crippen LogP contribution in [0.1, 0.15) is 45.9 Å². The number of likely N-dealkylation sites (tertiary alicyclic amines) is 1. The van der Waals surface area contributed by atoms with E-state index >= 15 is 0 Å². The minimum atomic E-state index is 0.0437. The van der Waals surface area contributed by atoms with Gasteiger partial charge in [-0.25, -0.2) is 9.97 Å². The Kier molecular flexibility index (Phi) is 6.33. The van der Waals surface area contributed by atoms with Gasteiger partial charge in [0.15, 0.2) is 0 Å². The van der Waals surface area contributed by atoms with Crippen molar-refractivity contribution in [2.75, 3.05) is 13.1 Å². The number of aromatic nitrogens is 4. The summed E-state index contributed by atoms with van der Waals surface area (Å²) in [6.45, 7) is 4.03. The molecule has 0 spiro atoms. The van der Waals surface area contributed by atoms with Crippen molar-refractivity contribution in [1.82, 2.24) is 24.4 Å². The molecule has 1 atom stereocenters. The second kappa shape index (κ2) is 9.87. The zero-order valence-electron chi connectivity index (χ0n) is 19.2. The summed E-state index contributed by atoms with van der Waals surface area (Å²) in [5, 5.41) is 0. The Labute approximate surface area is 199 Å². The summed E-state index contributed by atoms with van der Waals surface area (Å²) in [5.41, 5.74) is 3.69. The second-order valence-corrected chi connectivity index (χ2v) is 8.69. The molecule has 7 heteroatoms. The van der Waals surface area contributed by atoms with Gasteiger partial charge >= 0.3 is 0 Å². The van der Waals surface area contributed by atoms with Gasteiger partial charge in [-0.2, -0.15) is 0 Å². The molecule has 1 saturated heterocycles. The summed E-state index contributed by atoms with van der Waals surface area (Å²) in [5.74, 6) is 1.36. The lowest BCUT2D eigenvalue weighted by Gasteiger charge is -2.33. The molecule has 0 N–H and O–H groups in total. The predicted molar refractivity (Wildman–Crippen MR) is 129 cm³/mol. The maximum atomic E-state index is 13.4. The zero-order valence-corrected chi connectivity index (χ0v) is 19.2. The van der Waals surface area contributed by atoms with E-state index in [4.69, 9.17) is 4.74 Å². The third-order valence-corrected chi connectivity index (χ3v) is 6.09. The quantitative estimate of drug-likeness (QED) is 0.418. The fraction of sp³-hybridized carbons (Fsp3) is 0.259. The lowest BCUT2D eigenvalue weighted by Crippen LogP contribution is -2.39. The van der Waals surface area contributed by atoms with Crippen molar-refractivity contribution in [2.24, 2.45) is 0 Å². The molecule has 0 radical (unpaired) electrons. The molecule has 5 rings (SSSR count). The summed E-state index contributed by atoms with van der Waals surface area (Å²) in [4.78, 5) is 28.5. The van der Waals surface area contributed by atoms with Gasteiger partial charge in [-0.15, -0.1) is 0 Å². The van der Waals surface area contributed by atoms with Crippen LogP contribution in [0, 0.1) is 6.92 Å². The third kappa shape index (κ3) is 4.98. The number of rotatable bonds is 6. The van der Waals surface area contributed by atoms with Crippen molar-refractivity contribution in [3.05, 3.63) is 102 Å². The molecule has 2 aromatic carbocycles. The molecule has 1 fully saturated rings. The highest BCUT2D eigenvalue weighted by Gasteiger charge is 2.29. The number of ether oxygens (including phenoxy) is 1. The molecule has 4 aromatic rings. The first kappa shape index (κ1) is 21.8. The molecule has 0 saturated carbocycles. The highest BCUT2D eigenvalue weighted by atomic mass is 16.5. The topological polar surface area (TPSA) is 73.1 Å². The largest absolute Gasteiger partial charge is 0.437 e. The first-order valence-corrected chi connectivity index (χ1v) is 11.5. The van der Waals surface area contributed by atoms with Crippen molar-refractivity contribution in [3.63, 3.8) is 0 Å². The van der Waals surface area contributed by atoms with E-state index in [1.807, 2.05) is 71.1 Å². The number of carbonyl (C=O) groups excluding carboxylic acids is 1. The molecule has 1 amide bonds. The Bertz CT molecular complexity index is 1270. The van der Waals surface area contributed by atoms with Gasteiger partial charge < -0.3 is 14.2 Å². The Morgan fingerprint density at radius 1 is 1.09 bits per heavy atom. The van der Waals surface area contributed by atoms with Crippen molar-refractivity contribution in [3.8, 4) is 11.6 Å². The van der Waals surface area contributed by atoms with Crippen LogP contribution in [-0.2, 0) is 6.54 Å². The second-order valence-electron chi connectivity index (χ2n) is 8.69. The number of piperidine rings is 1. The van der Waals surface area contributed by atoms with Crippen LogP contribution >= 0.6 is 0 Å². The fourth-order valence-electron chi connectivity index (χ4n) is 4.45. The van der Waals surface area contributed by atoms with Crippen LogP contribution in [0.3, 0.4) is 0 Å². The van der Waals surface area contributed by atoms with E-state index in [0.29, 0.717) is 24.5 Å². The molecule has 2 aromatic heterocycles. The van der Waals surface area contributed by atoms with E-state index in [-0.39, 0.29) is 11.8 Å². The lowest BCUT2D eigenvalue weighted by molar-refractivity contribution is 0.0704. The number of benzene rings is 2. The molecular formula is C27H27N5O2. The molecule has 0 bridgehead atoms. The van der Waals surface area contributed by atoms with Crippen LogP contribution in [0.4, 0.5) is 0 Å². The minimum Gasteiger partial charge on any atom is -0.437 e. The summed E-state index contributed by atoms with van der Waals surface area (Å²) >= 11 is 0. The Balaban J connectivity index is 1.32. The molecule has 0 unspecified atom stereocenters. The molecule has 1 aliphatic rings. The molecule has 172 valence electrons. The Morgan fingerprint density at radius 3 is 2.82 bits per heavy atom. The summed E-state index contributed by atoms with van der Waals surface area (Å²) in [6.07, 6.45) is 10.6. The normalized spacial score (nSPS) is 15.8. The van der Waals surface area contributed by atoms with Crippen LogP contribution < -0.4 is 4.74 Å². The maximum Gasteiger partial charge on any atom is 0.253 e. The monoisotopic (exact) mass is 453 g/mol. The van der Waals surface area contributed by atoms with Crippen molar-refractivity contribution < 1.29 is 9.53 Å². The van der Waals surface area contributed by atoms with Gasteiger partial charge in [0.25, 0.3) is 5.91 Å². The smallest absolute Gasteiger partial charge is 0.253 e. The van der Waals surface area contributed by atoms with Gasteiger partial charge in [0.1, 0.15) is 11.4 Å². The van der Waals surface area contributed by atoms with E-state index < -0.39 is 0 Å². The van der Waals surface area contributed by atoms with Gasteiger partial charge in [-0.1, -0.05) is 24.3 Å². The molecule has 1 aliphatic heterocycles. The lowest BCUT2D eigenvalue weighted by atomic mass is 9.94. The average Bonchev–Trinajstić information content (AvgIpc) is 3.37. The molecule has 34 heavy (non-hydrogen) atoms. The summed E-state index contributed by atoms with van der Waals surface area (Å²) in [7, 11) is 0. The van der Waals surface area contributed by atoms with Crippen LogP contribution in [-0.4, -0.2) is 43.4 Å². The number of imidazole rings is 1. The van der Waals surface area contributed by atoms with E-state index in [9.17, 15) is 4.79 Å². The first-order valence-electron chi connectivity index (χ1n) is 11.5. The van der Waals surface area contributed by atoms with Crippen molar-refractivity contribution in [1.29, 1.82) is 0 Å². The molecule has 3 heterocycles. The van der Waals surface area contributed by atoms with Gasteiger partial charge in [-0.05, 0) is 55.2 Å². The standard InChI is InChI=1S/C27H27N5O2/c1-20-5-2-9-24(15-20)34-26-25(29-10-11-30-26)23-8-4-13-32(18-23)27(33)22-7-3-6-21(16-22)17-31-14-12-28-19-31/h2-3,5-7,9-12,14-16,19,23H,4,8,13,17-18H2,1H3/t23-/m1/s1. The number of hydrogen-bond donors (Lipinski definition) is 0. The molecule has 7 nitrogen and oxygen atoms in total. The van der Waals surface area contributed by atoms with Crippen molar-refractivity contribution >= 4 is 5.91 Å². The van der Waals surface area contributed by atoms with Gasteiger partial charge in [0, 0.05) is 55.9 Å². The number of nitrogens with zero attached hydrogens (tertiary/aromatic N) is 5. The van der Waals surface area contributed by atoms with E-state index in [1.165, 1.54) is 0 Å². The minimum absolute atomic E-state index is 0.0437. The van der Waals surface area contributed by atoms with Crippen LogP contribution in [0.2, 0.25) is 0 Å².